The maximum absolute atomic E-state index is 13.8. The van der Waals surface area contributed by atoms with Gasteiger partial charge in [0.05, 0.1) is 10.6 Å². The van der Waals surface area contributed by atoms with Gasteiger partial charge in [-0.15, -0.1) is 0 Å². The van der Waals surface area contributed by atoms with Crippen molar-refractivity contribution in [2.75, 3.05) is 11.4 Å². The highest BCUT2D eigenvalue weighted by molar-refractivity contribution is 9.10. The van der Waals surface area contributed by atoms with Gasteiger partial charge in [0.2, 0.25) is 0 Å². The zero-order chi connectivity index (χ0) is 21.0. The van der Waals surface area contributed by atoms with Crippen LogP contribution in [0.1, 0.15) is 15.9 Å². The minimum Gasteiger partial charge on any atom is -0.348 e. The summed E-state index contributed by atoms with van der Waals surface area (Å²) < 4.78 is 41.5. The number of sulfonamides is 1. The molecule has 29 heavy (non-hydrogen) atoms. The quantitative estimate of drug-likeness (QED) is 0.575. The van der Waals surface area contributed by atoms with E-state index in [-0.39, 0.29) is 17.0 Å². The molecule has 0 aliphatic heterocycles. The van der Waals surface area contributed by atoms with Crippen LogP contribution in [0.25, 0.3) is 0 Å². The monoisotopic (exact) mass is 476 g/mol. The summed E-state index contributed by atoms with van der Waals surface area (Å²) in [5.74, 6) is -0.932. The Bertz CT molecular complexity index is 1140. The highest BCUT2D eigenvalue weighted by Crippen LogP contribution is 2.22. The second-order valence-corrected chi connectivity index (χ2v) is 9.14. The molecule has 0 aliphatic rings. The van der Waals surface area contributed by atoms with Gasteiger partial charge in [-0.25, -0.2) is 12.8 Å². The number of anilines is 1. The van der Waals surface area contributed by atoms with Gasteiger partial charge in [-0.3, -0.25) is 9.10 Å². The predicted octanol–water partition coefficient (Wildman–Crippen LogP) is 4.34. The van der Waals surface area contributed by atoms with E-state index in [1.54, 1.807) is 42.5 Å². The standard InChI is InChI=1S/C21H18BrFN2O3S/c1-25(18-7-3-2-4-8-18)29(27,28)19-9-5-6-15(13-19)21(26)24-14-16-12-17(22)10-11-20(16)23/h2-13H,14H2,1H3,(H,24,26). The SMILES string of the molecule is CN(c1ccccc1)S(=O)(=O)c1cccc(C(=O)NCc2cc(Br)ccc2F)c1. The number of rotatable bonds is 6. The molecule has 0 unspecified atom stereocenters. The number of carbonyl (C=O) groups is 1. The Kier molecular flexibility index (Phi) is 6.34. The number of para-hydroxylation sites is 1. The average molecular weight is 477 g/mol. The van der Waals surface area contributed by atoms with Crippen LogP contribution in [0.4, 0.5) is 10.1 Å². The lowest BCUT2D eigenvalue weighted by molar-refractivity contribution is 0.0950. The van der Waals surface area contributed by atoms with Crippen molar-refractivity contribution in [1.82, 2.24) is 5.32 Å². The topological polar surface area (TPSA) is 66.5 Å². The fourth-order valence-electron chi connectivity index (χ4n) is 2.69. The van der Waals surface area contributed by atoms with Crippen molar-refractivity contribution >= 4 is 37.5 Å². The Morgan fingerprint density at radius 3 is 2.48 bits per heavy atom. The molecule has 3 aromatic carbocycles. The zero-order valence-electron chi connectivity index (χ0n) is 15.5. The van der Waals surface area contributed by atoms with Crippen molar-refractivity contribution in [2.24, 2.45) is 0 Å². The fourth-order valence-corrected chi connectivity index (χ4v) is 4.34. The van der Waals surface area contributed by atoms with E-state index in [1.807, 2.05) is 0 Å². The highest BCUT2D eigenvalue weighted by Gasteiger charge is 2.22. The summed E-state index contributed by atoms with van der Waals surface area (Å²) in [5.41, 5.74) is 0.996. The third-order valence-corrected chi connectivity index (χ3v) is 6.60. The molecule has 1 amide bonds. The van der Waals surface area contributed by atoms with Crippen LogP contribution >= 0.6 is 15.9 Å². The van der Waals surface area contributed by atoms with E-state index >= 15 is 0 Å². The van der Waals surface area contributed by atoms with Gasteiger partial charge < -0.3 is 5.32 Å². The van der Waals surface area contributed by atoms with Gasteiger partial charge in [0.1, 0.15) is 5.82 Å². The molecule has 3 rings (SSSR count). The summed E-state index contributed by atoms with van der Waals surface area (Å²) in [5, 5.41) is 2.61. The van der Waals surface area contributed by atoms with Crippen LogP contribution in [-0.4, -0.2) is 21.4 Å². The van der Waals surface area contributed by atoms with E-state index < -0.39 is 21.7 Å². The van der Waals surface area contributed by atoms with E-state index in [1.165, 1.54) is 37.4 Å². The first-order valence-electron chi connectivity index (χ1n) is 8.65. The summed E-state index contributed by atoms with van der Waals surface area (Å²) in [7, 11) is -2.39. The number of benzene rings is 3. The number of halogens is 2. The lowest BCUT2D eigenvalue weighted by atomic mass is 10.2. The first-order valence-corrected chi connectivity index (χ1v) is 10.9. The molecule has 0 radical (unpaired) electrons. The number of amides is 1. The molecule has 0 heterocycles. The molecule has 0 spiro atoms. The molecule has 8 heteroatoms. The molecular weight excluding hydrogens is 459 g/mol. The lowest BCUT2D eigenvalue weighted by Gasteiger charge is -2.19. The summed E-state index contributed by atoms with van der Waals surface area (Å²) in [6, 6.07) is 18.8. The normalized spacial score (nSPS) is 11.1. The third kappa shape index (κ3) is 4.83. The Balaban J connectivity index is 1.79. The fraction of sp³-hybridized carbons (Fsp3) is 0.0952. The zero-order valence-corrected chi connectivity index (χ0v) is 17.9. The summed E-state index contributed by atoms with van der Waals surface area (Å²) in [6.07, 6.45) is 0. The van der Waals surface area contributed by atoms with Gasteiger partial charge in [0.15, 0.2) is 0 Å². The first-order chi connectivity index (χ1) is 13.8. The number of hydrogen-bond donors (Lipinski definition) is 1. The van der Waals surface area contributed by atoms with Gasteiger partial charge in [-0.2, -0.15) is 0 Å². The molecule has 0 fully saturated rings. The van der Waals surface area contributed by atoms with Crippen LogP contribution < -0.4 is 9.62 Å². The lowest BCUT2D eigenvalue weighted by Crippen LogP contribution is -2.27. The summed E-state index contributed by atoms with van der Waals surface area (Å²) in [4.78, 5) is 12.5. The van der Waals surface area contributed by atoms with Crippen molar-refractivity contribution in [3.05, 3.63) is 94.2 Å². The number of nitrogens with zero attached hydrogens (tertiary/aromatic N) is 1. The highest BCUT2D eigenvalue weighted by atomic mass is 79.9. The van der Waals surface area contributed by atoms with Crippen LogP contribution in [-0.2, 0) is 16.6 Å². The Hall–Kier alpha value is -2.71. The van der Waals surface area contributed by atoms with Crippen LogP contribution in [0.2, 0.25) is 0 Å². The largest absolute Gasteiger partial charge is 0.348 e. The minimum absolute atomic E-state index is 0.00913. The average Bonchev–Trinajstić information content (AvgIpc) is 2.74. The van der Waals surface area contributed by atoms with E-state index in [4.69, 9.17) is 0 Å². The van der Waals surface area contributed by atoms with Crippen LogP contribution in [0.15, 0.2) is 82.2 Å². The van der Waals surface area contributed by atoms with Crippen molar-refractivity contribution in [2.45, 2.75) is 11.4 Å². The maximum Gasteiger partial charge on any atom is 0.264 e. The van der Waals surface area contributed by atoms with Crippen LogP contribution in [0.3, 0.4) is 0 Å². The van der Waals surface area contributed by atoms with Crippen molar-refractivity contribution in [3.8, 4) is 0 Å². The van der Waals surface area contributed by atoms with Crippen molar-refractivity contribution in [1.29, 1.82) is 0 Å². The maximum atomic E-state index is 13.8. The minimum atomic E-state index is -3.84. The van der Waals surface area contributed by atoms with E-state index in [0.717, 1.165) is 4.31 Å². The van der Waals surface area contributed by atoms with E-state index in [2.05, 4.69) is 21.2 Å². The summed E-state index contributed by atoms with van der Waals surface area (Å²) >= 11 is 3.26. The van der Waals surface area contributed by atoms with Crippen molar-refractivity contribution < 1.29 is 17.6 Å². The predicted molar refractivity (Wildman–Crippen MR) is 114 cm³/mol. The van der Waals surface area contributed by atoms with E-state index in [9.17, 15) is 17.6 Å². The molecule has 0 bridgehead atoms. The molecule has 5 nitrogen and oxygen atoms in total. The molecule has 0 aromatic heterocycles. The van der Waals surface area contributed by atoms with Gasteiger partial charge in [0, 0.05) is 29.2 Å². The van der Waals surface area contributed by atoms with Crippen LogP contribution in [0, 0.1) is 5.82 Å². The van der Waals surface area contributed by atoms with Gasteiger partial charge >= 0.3 is 0 Å². The Morgan fingerprint density at radius 1 is 1.03 bits per heavy atom. The molecule has 0 aliphatic carbocycles. The summed E-state index contributed by atoms with van der Waals surface area (Å²) in [6.45, 7) is -0.0228. The van der Waals surface area contributed by atoms with E-state index in [0.29, 0.717) is 15.7 Å². The Morgan fingerprint density at radius 2 is 1.76 bits per heavy atom. The smallest absolute Gasteiger partial charge is 0.264 e. The van der Waals surface area contributed by atoms with Crippen LogP contribution in [0.5, 0.6) is 0 Å². The molecule has 0 saturated carbocycles. The number of nitrogens with one attached hydrogen (secondary N) is 1. The number of hydrogen-bond acceptors (Lipinski definition) is 3. The third-order valence-electron chi connectivity index (χ3n) is 4.32. The Labute approximate surface area is 177 Å². The molecule has 0 saturated heterocycles. The van der Waals surface area contributed by atoms with Crippen molar-refractivity contribution in [3.63, 3.8) is 0 Å². The molecule has 3 aromatic rings. The second kappa shape index (κ2) is 8.75. The molecule has 0 atom stereocenters. The molecular formula is C21H18BrFN2O3S. The molecule has 150 valence electrons. The van der Waals surface area contributed by atoms with Gasteiger partial charge in [0.25, 0.3) is 15.9 Å². The molecule has 1 N–H and O–H groups in total. The first kappa shape index (κ1) is 21.0. The van der Waals surface area contributed by atoms with Gasteiger partial charge in [-0.1, -0.05) is 40.2 Å². The second-order valence-electron chi connectivity index (χ2n) is 6.25. The number of carbonyl (C=O) groups excluding carboxylic acids is 1. The van der Waals surface area contributed by atoms with Gasteiger partial charge in [-0.05, 0) is 48.5 Å².